The summed E-state index contributed by atoms with van der Waals surface area (Å²) in [5, 5.41) is 14.5. The van der Waals surface area contributed by atoms with Crippen molar-refractivity contribution in [3.8, 4) is 0 Å². The van der Waals surface area contributed by atoms with Crippen LogP contribution in [0.2, 0.25) is 0 Å². The summed E-state index contributed by atoms with van der Waals surface area (Å²) in [4.78, 5) is 22.3. The van der Waals surface area contributed by atoms with Gasteiger partial charge in [0.25, 0.3) is 5.69 Å². The number of fused-ring (bicyclic) bond motifs is 1. The molecule has 0 aliphatic heterocycles. The van der Waals surface area contributed by atoms with Crippen LogP contribution in [-0.4, -0.2) is 20.9 Å². The van der Waals surface area contributed by atoms with Crippen LogP contribution in [0, 0.1) is 10.1 Å². The summed E-state index contributed by atoms with van der Waals surface area (Å²) in [6.45, 7) is 5.86. The summed E-state index contributed by atoms with van der Waals surface area (Å²) < 4.78 is 1.71. The van der Waals surface area contributed by atoms with Crippen LogP contribution in [0.25, 0.3) is 10.9 Å². The quantitative estimate of drug-likeness (QED) is 0.690. The molecule has 0 aliphatic rings. The molecule has 0 atom stereocenters. The highest BCUT2D eigenvalue weighted by Gasteiger charge is 2.15. The SMILES string of the molecule is CC(C)(C)NC(=O)Cn1ccc2ccc([N+](=O)[O-])cc21. The lowest BCUT2D eigenvalue weighted by atomic mass is 10.1. The topological polar surface area (TPSA) is 77.2 Å². The Balaban J connectivity index is 2.28. The first kappa shape index (κ1) is 14.0. The van der Waals surface area contributed by atoms with Gasteiger partial charge in [0.05, 0.1) is 10.4 Å². The Morgan fingerprint density at radius 2 is 2.05 bits per heavy atom. The van der Waals surface area contributed by atoms with Gasteiger partial charge in [-0.25, -0.2) is 0 Å². The van der Waals surface area contributed by atoms with Crippen molar-refractivity contribution in [1.82, 2.24) is 9.88 Å². The van der Waals surface area contributed by atoms with Crippen molar-refractivity contribution in [3.63, 3.8) is 0 Å². The number of non-ortho nitro benzene ring substituents is 1. The van der Waals surface area contributed by atoms with Gasteiger partial charge < -0.3 is 9.88 Å². The van der Waals surface area contributed by atoms with E-state index in [1.807, 2.05) is 26.8 Å². The molecule has 0 aliphatic carbocycles. The molecule has 0 fully saturated rings. The van der Waals surface area contributed by atoms with Gasteiger partial charge >= 0.3 is 0 Å². The summed E-state index contributed by atoms with van der Waals surface area (Å²) in [7, 11) is 0. The van der Waals surface area contributed by atoms with Crippen molar-refractivity contribution in [2.75, 3.05) is 0 Å². The lowest BCUT2D eigenvalue weighted by molar-refractivity contribution is -0.384. The number of nitro groups is 1. The van der Waals surface area contributed by atoms with Crippen LogP contribution in [0.5, 0.6) is 0 Å². The van der Waals surface area contributed by atoms with E-state index in [1.165, 1.54) is 12.1 Å². The van der Waals surface area contributed by atoms with E-state index >= 15 is 0 Å². The zero-order valence-electron chi connectivity index (χ0n) is 11.7. The first-order chi connectivity index (χ1) is 9.26. The van der Waals surface area contributed by atoms with Gasteiger partial charge in [0.1, 0.15) is 6.54 Å². The average Bonchev–Trinajstić information content (AvgIpc) is 2.69. The third kappa shape index (κ3) is 3.14. The molecule has 0 saturated carbocycles. The Morgan fingerprint density at radius 3 is 2.65 bits per heavy atom. The van der Waals surface area contributed by atoms with Gasteiger partial charge in [-0.2, -0.15) is 0 Å². The Morgan fingerprint density at radius 1 is 1.35 bits per heavy atom. The van der Waals surface area contributed by atoms with Crippen LogP contribution in [0.1, 0.15) is 20.8 Å². The van der Waals surface area contributed by atoms with E-state index in [0.717, 1.165) is 5.39 Å². The van der Waals surface area contributed by atoms with Gasteiger partial charge in [-0.05, 0) is 32.9 Å². The summed E-state index contributed by atoms with van der Waals surface area (Å²) in [5.41, 5.74) is 0.406. The zero-order chi connectivity index (χ0) is 14.9. The minimum absolute atomic E-state index is 0.0219. The number of aromatic nitrogens is 1. The number of rotatable bonds is 3. The summed E-state index contributed by atoms with van der Waals surface area (Å²) in [6, 6.07) is 6.47. The molecule has 106 valence electrons. The van der Waals surface area contributed by atoms with Crippen molar-refractivity contribution in [2.45, 2.75) is 32.9 Å². The lowest BCUT2D eigenvalue weighted by Gasteiger charge is -2.20. The predicted octanol–water partition coefficient (Wildman–Crippen LogP) is 2.46. The van der Waals surface area contributed by atoms with E-state index in [4.69, 9.17) is 0 Å². The number of hydrogen-bond donors (Lipinski definition) is 1. The van der Waals surface area contributed by atoms with Gasteiger partial charge in [0.2, 0.25) is 5.91 Å². The second-order valence-electron chi connectivity index (χ2n) is 5.74. The van der Waals surface area contributed by atoms with Crippen LogP contribution in [0.3, 0.4) is 0 Å². The summed E-state index contributed by atoms with van der Waals surface area (Å²) in [6.07, 6.45) is 1.76. The maximum Gasteiger partial charge on any atom is 0.271 e. The van der Waals surface area contributed by atoms with Crippen molar-refractivity contribution in [3.05, 3.63) is 40.6 Å². The van der Waals surface area contributed by atoms with E-state index in [1.54, 1.807) is 16.8 Å². The van der Waals surface area contributed by atoms with Crippen LogP contribution in [0.4, 0.5) is 5.69 Å². The standard InChI is InChI=1S/C14H17N3O3/c1-14(2,3)15-13(18)9-16-7-6-10-4-5-11(17(19)20)8-12(10)16/h4-8H,9H2,1-3H3,(H,15,18). The molecule has 0 saturated heterocycles. The predicted molar refractivity (Wildman–Crippen MR) is 76.5 cm³/mol. The Kier molecular flexibility index (Phi) is 3.48. The van der Waals surface area contributed by atoms with Gasteiger partial charge in [-0.15, -0.1) is 0 Å². The molecule has 0 spiro atoms. The number of benzene rings is 1. The minimum atomic E-state index is -0.438. The highest BCUT2D eigenvalue weighted by atomic mass is 16.6. The summed E-state index contributed by atoms with van der Waals surface area (Å²) >= 11 is 0. The minimum Gasteiger partial charge on any atom is -0.350 e. The number of carbonyl (C=O) groups excluding carboxylic acids is 1. The molecule has 20 heavy (non-hydrogen) atoms. The van der Waals surface area contributed by atoms with E-state index in [2.05, 4.69) is 5.32 Å². The van der Waals surface area contributed by atoms with Crippen molar-refractivity contribution in [1.29, 1.82) is 0 Å². The lowest BCUT2D eigenvalue weighted by Crippen LogP contribution is -2.42. The van der Waals surface area contributed by atoms with Crippen LogP contribution in [-0.2, 0) is 11.3 Å². The molecule has 6 heteroatoms. The van der Waals surface area contributed by atoms with Crippen molar-refractivity contribution >= 4 is 22.5 Å². The van der Waals surface area contributed by atoms with E-state index in [0.29, 0.717) is 5.52 Å². The average molecular weight is 275 g/mol. The molecule has 6 nitrogen and oxygen atoms in total. The smallest absolute Gasteiger partial charge is 0.271 e. The molecule has 1 heterocycles. The number of nitrogens with zero attached hydrogens (tertiary/aromatic N) is 2. The third-order valence-electron chi connectivity index (χ3n) is 2.80. The molecule has 1 aromatic heterocycles. The Labute approximate surface area is 116 Å². The molecule has 0 unspecified atom stereocenters. The second-order valence-corrected chi connectivity index (χ2v) is 5.74. The van der Waals surface area contributed by atoms with E-state index in [9.17, 15) is 14.9 Å². The normalized spacial score (nSPS) is 11.6. The van der Waals surface area contributed by atoms with Crippen LogP contribution >= 0.6 is 0 Å². The first-order valence-electron chi connectivity index (χ1n) is 6.30. The van der Waals surface area contributed by atoms with E-state index < -0.39 is 4.92 Å². The number of carbonyl (C=O) groups is 1. The third-order valence-corrected chi connectivity index (χ3v) is 2.80. The van der Waals surface area contributed by atoms with Gasteiger partial charge in [0, 0.05) is 29.3 Å². The zero-order valence-corrected chi connectivity index (χ0v) is 11.7. The first-order valence-corrected chi connectivity index (χ1v) is 6.30. The highest BCUT2D eigenvalue weighted by molar-refractivity contribution is 5.85. The van der Waals surface area contributed by atoms with Crippen LogP contribution in [0.15, 0.2) is 30.5 Å². The Hall–Kier alpha value is -2.37. The molecular formula is C14H17N3O3. The highest BCUT2D eigenvalue weighted by Crippen LogP contribution is 2.21. The van der Waals surface area contributed by atoms with E-state index in [-0.39, 0.29) is 23.7 Å². The molecule has 1 aromatic carbocycles. The monoisotopic (exact) mass is 275 g/mol. The fraction of sp³-hybridized carbons (Fsp3) is 0.357. The molecule has 0 bridgehead atoms. The van der Waals surface area contributed by atoms with Crippen molar-refractivity contribution < 1.29 is 9.72 Å². The van der Waals surface area contributed by atoms with Gasteiger partial charge in [-0.1, -0.05) is 0 Å². The van der Waals surface area contributed by atoms with Crippen LogP contribution < -0.4 is 5.32 Å². The molecule has 2 aromatic rings. The Bertz CT molecular complexity index is 668. The van der Waals surface area contributed by atoms with Gasteiger partial charge in [0.15, 0.2) is 0 Å². The number of amides is 1. The molecule has 1 amide bonds. The van der Waals surface area contributed by atoms with Gasteiger partial charge in [-0.3, -0.25) is 14.9 Å². The maximum absolute atomic E-state index is 11.9. The number of nitro benzene ring substituents is 1. The maximum atomic E-state index is 11.9. The molecular weight excluding hydrogens is 258 g/mol. The number of nitrogens with one attached hydrogen (secondary N) is 1. The molecule has 2 rings (SSSR count). The molecule has 1 N–H and O–H groups in total. The molecule has 0 radical (unpaired) electrons. The van der Waals surface area contributed by atoms with Crippen molar-refractivity contribution in [2.24, 2.45) is 0 Å². The fourth-order valence-corrected chi connectivity index (χ4v) is 2.04. The largest absolute Gasteiger partial charge is 0.350 e. The second kappa shape index (κ2) is 4.96. The number of hydrogen-bond acceptors (Lipinski definition) is 3. The fourth-order valence-electron chi connectivity index (χ4n) is 2.04. The summed E-state index contributed by atoms with van der Waals surface area (Å²) in [5.74, 6) is -0.124.